The van der Waals surface area contributed by atoms with Gasteiger partial charge in [0, 0.05) is 13.1 Å². The Morgan fingerprint density at radius 2 is 1.91 bits per heavy atom. The molecule has 0 radical (unpaired) electrons. The Kier molecular flexibility index (Phi) is 10.2. The second kappa shape index (κ2) is 10.7. The first-order chi connectivity index (χ1) is 9.87. The van der Waals surface area contributed by atoms with Gasteiger partial charge in [0.15, 0.2) is 5.96 Å². The molecule has 0 atom stereocenters. The summed E-state index contributed by atoms with van der Waals surface area (Å²) in [5, 5.41) is 2.94. The Hall–Kier alpha value is -1.03. The van der Waals surface area contributed by atoms with E-state index in [-0.39, 0.29) is 43.0 Å². The van der Waals surface area contributed by atoms with Gasteiger partial charge in [-0.1, -0.05) is 30.3 Å². The standard InChI is InChI=1S/C14H21F3N4.HI/c1-21(11-14(15,16)17)10-9-20-13(18)19-8-7-12-5-3-2-4-6-12;/h2-6H,7-11H2,1H3,(H3,18,19,20);1H. The molecule has 4 nitrogen and oxygen atoms in total. The molecule has 8 heteroatoms. The number of nitrogens with zero attached hydrogens (tertiary/aromatic N) is 2. The van der Waals surface area contributed by atoms with Gasteiger partial charge < -0.3 is 11.1 Å². The smallest absolute Gasteiger partial charge is 0.370 e. The van der Waals surface area contributed by atoms with E-state index in [0.29, 0.717) is 6.54 Å². The molecule has 22 heavy (non-hydrogen) atoms. The highest BCUT2D eigenvalue weighted by Gasteiger charge is 2.28. The van der Waals surface area contributed by atoms with Crippen LogP contribution in [0.1, 0.15) is 5.56 Å². The predicted molar refractivity (Wildman–Crippen MR) is 93.6 cm³/mol. The summed E-state index contributed by atoms with van der Waals surface area (Å²) in [6.07, 6.45) is -3.37. The van der Waals surface area contributed by atoms with E-state index in [1.165, 1.54) is 17.5 Å². The number of likely N-dealkylation sites (N-methyl/N-ethyl adjacent to an activating group) is 1. The van der Waals surface area contributed by atoms with Crippen molar-refractivity contribution in [1.29, 1.82) is 0 Å². The summed E-state index contributed by atoms with van der Waals surface area (Å²) in [5.41, 5.74) is 6.83. The van der Waals surface area contributed by atoms with Crippen molar-refractivity contribution in [3.05, 3.63) is 35.9 Å². The lowest BCUT2D eigenvalue weighted by molar-refractivity contribution is -0.142. The molecule has 0 aliphatic heterocycles. The minimum Gasteiger partial charge on any atom is -0.370 e. The van der Waals surface area contributed by atoms with Crippen LogP contribution in [0.4, 0.5) is 13.2 Å². The number of rotatable bonds is 7. The minimum absolute atomic E-state index is 0. The van der Waals surface area contributed by atoms with E-state index < -0.39 is 12.7 Å². The van der Waals surface area contributed by atoms with Crippen LogP contribution in [0.5, 0.6) is 0 Å². The molecule has 0 aliphatic rings. The van der Waals surface area contributed by atoms with Gasteiger partial charge in [-0.15, -0.1) is 24.0 Å². The molecule has 0 spiro atoms. The third kappa shape index (κ3) is 10.7. The normalized spacial score (nSPS) is 12.1. The lowest BCUT2D eigenvalue weighted by atomic mass is 10.1. The zero-order valence-electron chi connectivity index (χ0n) is 12.4. The van der Waals surface area contributed by atoms with Crippen LogP contribution < -0.4 is 11.1 Å². The molecule has 0 bridgehead atoms. The fourth-order valence-electron chi connectivity index (χ4n) is 1.76. The first kappa shape index (κ1) is 21.0. The predicted octanol–water partition coefficient (Wildman–Crippen LogP) is 2.25. The Balaban J connectivity index is 0.00000441. The van der Waals surface area contributed by atoms with E-state index in [4.69, 9.17) is 5.73 Å². The number of guanidine groups is 1. The Morgan fingerprint density at radius 3 is 2.50 bits per heavy atom. The summed E-state index contributed by atoms with van der Waals surface area (Å²) >= 11 is 0. The molecule has 0 saturated carbocycles. The van der Waals surface area contributed by atoms with Crippen LogP contribution in [0.15, 0.2) is 35.3 Å². The summed E-state index contributed by atoms with van der Waals surface area (Å²) in [4.78, 5) is 5.17. The summed E-state index contributed by atoms with van der Waals surface area (Å²) in [5.74, 6) is 0.256. The number of hydrogen-bond acceptors (Lipinski definition) is 2. The Labute approximate surface area is 146 Å². The van der Waals surface area contributed by atoms with E-state index in [0.717, 1.165) is 6.42 Å². The van der Waals surface area contributed by atoms with E-state index in [1.54, 1.807) is 0 Å². The van der Waals surface area contributed by atoms with Crippen molar-refractivity contribution in [3.63, 3.8) is 0 Å². The number of halogens is 4. The first-order valence-electron chi connectivity index (χ1n) is 6.70. The Morgan fingerprint density at radius 1 is 1.27 bits per heavy atom. The lowest BCUT2D eigenvalue weighted by Crippen LogP contribution is -2.35. The minimum atomic E-state index is -4.18. The summed E-state index contributed by atoms with van der Waals surface area (Å²) in [7, 11) is 1.40. The van der Waals surface area contributed by atoms with Crippen LogP contribution in [-0.4, -0.2) is 50.3 Å². The fraction of sp³-hybridized carbons (Fsp3) is 0.500. The molecule has 0 amide bonds. The van der Waals surface area contributed by atoms with Gasteiger partial charge >= 0.3 is 6.18 Å². The lowest BCUT2D eigenvalue weighted by Gasteiger charge is -2.17. The SMILES string of the molecule is CN(CCN=C(N)NCCc1ccccc1)CC(F)(F)F.I. The van der Waals surface area contributed by atoms with Crippen molar-refractivity contribution in [2.45, 2.75) is 12.6 Å². The third-order valence-corrected chi connectivity index (χ3v) is 2.78. The molecule has 0 saturated heterocycles. The van der Waals surface area contributed by atoms with Crippen LogP contribution in [0.25, 0.3) is 0 Å². The quantitative estimate of drug-likeness (QED) is 0.397. The van der Waals surface area contributed by atoms with Gasteiger partial charge in [0.1, 0.15) is 0 Å². The molecule has 126 valence electrons. The molecule has 0 aliphatic carbocycles. The van der Waals surface area contributed by atoms with Crippen molar-refractivity contribution < 1.29 is 13.2 Å². The average molecular weight is 430 g/mol. The van der Waals surface area contributed by atoms with E-state index >= 15 is 0 Å². The highest BCUT2D eigenvalue weighted by atomic mass is 127. The van der Waals surface area contributed by atoms with E-state index in [2.05, 4.69) is 10.3 Å². The molecule has 1 rings (SSSR count). The topological polar surface area (TPSA) is 53.6 Å². The highest BCUT2D eigenvalue weighted by Crippen LogP contribution is 2.15. The van der Waals surface area contributed by atoms with Crippen LogP contribution in [0.2, 0.25) is 0 Å². The molecule has 0 aromatic heterocycles. The Bertz CT molecular complexity index is 437. The highest BCUT2D eigenvalue weighted by molar-refractivity contribution is 14.0. The number of nitrogens with one attached hydrogen (secondary N) is 1. The molecule has 1 aromatic rings. The van der Waals surface area contributed by atoms with Crippen LogP contribution in [0, 0.1) is 0 Å². The number of nitrogens with two attached hydrogens (primary N) is 1. The molecule has 0 unspecified atom stereocenters. The molecule has 0 heterocycles. The third-order valence-electron chi connectivity index (χ3n) is 2.78. The van der Waals surface area contributed by atoms with E-state index in [9.17, 15) is 13.2 Å². The van der Waals surface area contributed by atoms with Crippen LogP contribution >= 0.6 is 24.0 Å². The van der Waals surface area contributed by atoms with Gasteiger partial charge in [0.05, 0.1) is 13.1 Å². The van der Waals surface area contributed by atoms with Crippen molar-refractivity contribution in [3.8, 4) is 0 Å². The van der Waals surface area contributed by atoms with Gasteiger partial charge in [-0.2, -0.15) is 13.2 Å². The largest absolute Gasteiger partial charge is 0.401 e. The monoisotopic (exact) mass is 430 g/mol. The average Bonchev–Trinajstić information content (AvgIpc) is 2.38. The number of benzene rings is 1. The maximum absolute atomic E-state index is 12.1. The fourth-order valence-corrected chi connectivity index (χ4v) is 1.76. The van der Waals surface area contributed by atoms with Gasteiger partial charge in [0.25, 0.3) is 0 Å². The van der Waals surface area contributed by atoms with Crippen molar-refractivity contribution in [1.82, 2.24) is 10.2 Å². The second-order valence-electron chi connectivity index (χ2n) is 4.78. The van der Waals surface area contributed by atoms with Gasteiger partial charge in [-0.3, -0.25) is 9.89 Å². The maximum atomic E-state index is 12.1. The van der Waals surface area contributed by atoms with Crippen molar-refractivity contribution >= 4 is 29.9 Å². The van der Waals surface area contributed by atoms with Crippen molar-refractivity contribution in [2.24, 2.45) is 10.7 Å². The van der Waals surface area contributed by atoms with Gasteiger partial charge in [-0.25, -0.2) is 0 Å². The zero-order valence-corrected chi connectivity index (χ0v) is 14.8. The van der Waals surface area contributed by atoms with Crippen LogP contribution in [0.3, 0.4) is 0 Å². The first-order valence-corrected chi connectivity index (χ1v) is 6.70. The molecule has 1 aromatic carbocycles. The molecular formula is C14H22F3IN4. The van der Waals surface area contributed by atoms with E-state index in [1.807, 2.05) is 30.3 Å². The summed E-state index contributed by atoms with van der Waals surface area (Å²) < 4.78 is 36.3. The van der Waals surface area contributed by atoms with Gasteiger partial charge in [0.2, 0.25) is 0 Å². The molecular weight excluding hydrogens is 408 g/mol. The maximum Gasteiger partial charge on any atom is 0.401 e. The molecule has 3 N–H and O–H groups in total. The van der Waals surface area contributed by atoms with Crippen LogP contribution in [-0.2, 0) is 6.42 Å². The number of hydrogen-bond donors (Lipinski definition) is 2. The number of alkyl halides is 3. The van der Waals surface area contributed by atoms with Gasteiger partial charge in [-0.05, 0) is 19.0 Å². The zero-order chi connectivity index (χ0) is 15.7. The second-order valence-corrected chi connectivity index (χ2v) is 4.78. The summed E-state index contributed by atoms with van der Waals surface area (Å²) in [6.45, 7) is 0.138. The number of aliphatic imine (C=N–C) groups is 1. The summed E-state index contributed by atoms with van der Waals surface area (Å²) in [6, 6.07) is 9.90. The van der Waals surface area contributed by atoms with Crippen molar-refractivity contribution in [2.75, 3.05) is 33.2 Å². The molecule has 0 fully saturated rings.